The van der Waals surface area contributed by atoms with Crippen molar-refractivity contribution in [2.45, 2.75) is 53.4 Å². The number of rotatable bonds is 14. The lowest BCUT2D eigenvalue weighted by atomic mass is 9.91. The van der Waals surface area contributed by atoms with Crippen molar-refractivity contribution in [3.63, 3.8) is 0 Å². The SMILES string of the molecule is CCOP(=O)(OCC)Oc1c2cccc1Cc1cccc(c1OP(=O)(OCC)OCC)Cc1cccc(c1OC(=O)c1ccccc1)Cc1cccc(c1O)C2. The van der Waals surface area contributed by atoms with Crippen molar-refractivity contribution in [2.24, 2.45) is 0 Å². The molecular formula is C43H46O11P2. The number of aromatic hydroxyl groups is 1. The van der Waals surface area contributed by atoms with Gasteiger partial charge < -0.3 is 18.9 Å². The number of fused-ring (bicyclic) bond motifs is 8. The van der Waals surface area contributed by atoms with Crippen LogP contribution in [0.3, 0.4) is 0 Å². The number of esters is 1. The summed E-state index contributed by atoms with van der Waals surface area (Å²) in [5.41, 5.74) is 5.22. The van der Waals surface area contributed by atoms with Crippen molar-refractivity contribution in [3.8, 4) is 23.0 Å². The third-order valence-electron chi connectivity index (χ3n) is 9.02. The van der Waals surface area contributed by atoms with Crippen LogP contribution < -0.4 is 13.8 Å². The fourth-order valence-corrected chi connectivity index (χ4v) is 9.17. The summed E-state index contributed by atoms with van der Waals surface area (Å²) in [5.74, 6) is 0.340. The van der Waals surface area contributed by atoms with Gasteiger partial charge in [0.25, 0.3) is 0 Å². The van der Waals surface area contributed by atoms with Crippen LogP contribution in [0, 0.1) is 0 Å². The molecule has 0 aliphatic heterocycles. The molecule has 1 aliphatic carbocycles. The minimum atomic E-state index is -4.14. The third kappa shape index (κ3) is 9.61. The Labute approximate surface area is 327 Å². The highest BCUT2D eigenvalue weighted by Gasteiger charge is 2.33. The first-order chi connectivity index (χ1) is 27.1. The van der Waals surface area contributed by atoms with Crippen molar-refractivity contribution in [1.82, 2.24) is 0 Å². The highest BCUT2D eigenvalue weighted by atomic mass is 31.2. The monoisotopic (exact) mass is 800 g/mol. The standard InChI is InChI=1S/C43H46O11P2/c1-5-48-55(46,49-6-2)53-41-35-22-14-24-37(41)29-38-25-15-23-36(42(38)54-56(47,50-7-3)51-8-4)28-34-21-13-20-33(26-31-18-12-19-32(27-35)39(31)44)40(34)52-43(45)30-16-10-9-11-17-30/h9-25,44H,5-8,26-29H2,1-4H3. The van der Waals surface area contributed by atoms with Crippen LogP contribution in [0.5, 0.6) is 23.0 Å². The molecule has 0 amide bonds. The van der Waals surface area contributed by atoms with Gasteiger partial charge in [-0.05, 0) is 84.3 Å². The second-order valence-electron chi connectivity index (χ2n) is 12.9. The number of carbonyl (C=O) groups excluding carboxylic acids is 1. The van der Waals surface area contributed by atoms with Crippen molar-refractivity contribution < 1.29 is 50.9 Å². The van der Waals surface area contributed by atoms with E-state index in [0.29, 0.717) is 55.8 Å². The molecule has 8 bridgehead atoms. The van der Waals surface area contributed by atoms with Gasteiger partial charge in [0.05, 0.1) is 32.0 Å². The van der Waals surface area contributed by atoms with E-state index in [4.69, 9.17) is 31.9 Å². The van der Waals surface area contributed by atoms with Gasteiger partial charge in [-0.25, -0.2) is 13.9 Å². The van der Waals surface area contributed by atoms with Crippen LogP contribution in [0.15, 0.2) is 103 Å². The van der Waals surface area contributed by atoms with Crippen molar-refractivity contribution >= 4 is 21.6 Å². The van der Waals surface area contributed by atoms with E-state index >= 15 is 0 Å². The topological polar surface area (TPSA) is 136 Å². The van der Waals surface area contributed by atoms with Crippen LogP contribution >= 0.6 is 15.6 Å². The number of ether oxygens (including phenoxy) is 1. The first-order valence-electron chi connectivity index (χ1n) is 18.7. The van der Waals surface area contributed by atoms with Gasteiger partial charge >= 0.3 is 21.6 Å². The van der Waals surface area contributed by atoms with E-state index in [-0.39, 0.29) is 69.4 Å². The molecule has 0 radical (unpaired) electrons. The van der Waals surface area contributed by atoms with Gasteiger partial charge in [-0.3, -0.25) is 18.1 Å². The molecule has 0 spiro atoms. The number of phosphoric acid groups is 2. The minimum Gasteiger partial charge on any atom is -0.507 e. The summed E-state index contributed by atoms with van der Waals surface area (Å²) in [6, 6.07) is 30.8. The van der Waals surface area contributed by atoms with Crippen LogP contribution in [0.2, 0.25) is 0 Å². The van der Waals surface area contributed by atoms with E-state index in [1.54, 1.807) is 52.0 Å². The average molecular weight is 801 g/mol. The molecular weight excluding hydrogens is 754 g/mol. The lowest BCUT2D eigenvalue weighted by Crippen LogP contribution is -2.13. The second-order valence-corrected chi connectivity index (χ2v) is 16.0. The Bertz CT molecular complexity index is 2240. The van der Waals surface area contributed by atoms with E-state index < -0.39 is 21.6 Å². The van der Waals surface area contributed by atoms with E-state index in [2.05, 4.69) is 0 Å². The zero-order valence-corrected chi connectivity index (χ0v) is 33.7. The van der Waals surface area contributed by atoms with Crippen molar-refractivity contribution in [1.29, 1.82) is 0 Å². The van der Waals surface area contributed by atoms with E-state index in [0.717, 1.165) is 0 Å². The number of hydrogen-bond acceptors (Lipinski definition) is 11. The molecule has 0 unspecified atom stereocenters. The molecule has 1 N–H and O–H groups in total. The number of phenolic OH excluding ortho intramolecular Hbond substituents is 1. The maximum absolute atomic E-state index is 14.1. The second kappa shape index (κ2) is 18.5. The maximum atomic E-state index is 14.1. The Morgan fingerprint density at radius 1 is 0.482 bits per heavy atom. The van der Waals surface area contributed by atoms with Crippen LogP contribution in [0.1, 0.15) is 82.6 Å². The molecule has 6 rings (SSSR count). The first-order valence-corrected chi connectivity index (χ1v) is 21.6. The number of carbonyl (C=O) groups is 1. The summed E-state index contributed by atoms with van der Waals surface area (Å²) in [6.07, 6.45) is 0.715. The Balaban J connectivity index is 1.59. The quantitative estimate of drug-likeness (QED) is 0.0640. The zero-order valence-electron chi connectivity index (χ0n) is 31.9. The van der Waals surface area contributed by atoms with E-state index in [9.17, 15) is 19.0 Å². The highest BCUT2D eigenvalue weighted by Crippen LogP contribution is 2.54. The van der Waals surface area contributed by atoms with Gasteiger partial charge in [0.15, 0.2) is 0 Å². The molecule has 11 nitrogen and oxygen atoms in total. The molecule has 0 atom stereocenters. The maximum Gasteiger partial charge on any atom is 0.530 e. The Morgan fingerprint density at radius 3 is 1.16 bits per heavy atom. The summed E-state index contributed by atoms with van der Waals surface area (Å²) >= 11 is 0. The van der Waals surface area contributed by atoms with Gasteiger partial charge in [-0.15, -0.1) is 0 Å². The normalized spacial score (nSPS) is 12.9. The molecule has 294 valence electrons. The van der Waals surface area contributed by atoms with Crippen molar-refractivity contribution in [2.75, 3.05) is 26.4 Å². The summed E-state index contributed by atoms with van der Waals surface area (Å²) in [4.78, 5) is 13.6. The lowest BCUT2D eigenvalue weighted by molar-refractivity contribution is 0.0731. The van der Waals surface area contributed by atoms with Crippen molar-refractivity contribution in [3.05, 3.63) is 153 Å². The van der Waals surface area contributed by atoms with Crippen LogP contribution in [0.25, 0.3) is 0 Å². The number of hydrogen-bond donors (Lipinski definition) is 1. The summed E-state index contributed by atoms with van der Waals surface area (Å²) in [5, 5.41) is 11.8. The Hall–Kier alpha value is -4.73. The fraction of sp³-hybridized carbons (Fsp3) is 0.279. The molecule has 0 aromatic heterocycles. The lowest BCUT2D eigenvalue weighted by Gasteiger charge is -2.24. The van der Waals surface area contributed by atoms with E-state index in [1.807, 2.05) is 78.9 Å². The Morgan fingerprint density at radius 2 is 0.804 bits per heavy atom. The van der Waals surface area contributed by atoms with Gasteiger partial charge in [-0.2, -0.15) is 0 Å². The molecule has 5 aromatic rings. The van der Waals surface area contributed by atoms with Crippen LogP contribution in [0.4, 0.5) is 0 Å². The molecule has 0 saturated heterocycles. The van der Waals surface area contributed by atoms with E-state index in [1.165, 1.54) is 0 Å². The summed E-state index contributed by atoms with van der Waals surface area (Å²) in [6.45, 7) is 7.06. The number of phosphoric ester groups is 2. The first kappa shape index (κ1) is 40.9. The smallest absolute Gasteiger partial charge is 0.507 e. The Kier molecular flexibility index (Phi) is 13.5. The fourth-order valence-electron chi connectivity index (χ4n) is 6.63. The third-order valence-corrected chi connectivity index (χ3v) is 12.1. The molecule has 56 heavy (non-hydrogen) atoms. The molecule has 0 heterocycles. The molecule has 5 aromatic carbocycles. The largest absolute Gasteiger partial charge is 0.530 e. The average Bonchev–Trinajstić information content (AvgIpc) is 3.17. The molecule has 1 aliphatic rings. The van der Waals surface area contributed by atoms with Crippen LogP contribution in [-0.4, -0.2) is 37.5 Å². The van der Waals surface area contributed by atoms with Gasteiger partial charge in [-0.1, -0.05) is 91.0 Å². The number of para-hydroxylation sites is 4. The van der Waals surface area contributed by atoms with Gasteiger partial charge in [0.1, 0.15) is 23.0 Å². The summed E-state index contributed by atoms with van der Waals surface area (Å²) < 4.78 is 69.2. The molecule has 13 heteroatoms. The summed E-state index contributed by atoms with van der Waals surface area (Å²) in [7, 11) is -8.24. The number of benzene rings is 5. The van der Waals surface area contributed by atoms with Crippen LogP contribution in [-0.2, 0) is 52.9 Å². The molecule has 0 saturated carbocycles. The highest BCUT2D eigenvalue weighted by molar-refractivity contribution is 7.49. The van der Waals surface area contributed by atoms with Gasteiger partial charge in [0, 0.05) is 25.7 Å². The zero-order chi connectivity index (χ0) is 39.7. The predicted molar refractivity (Wildman–Crippen MR) is 213 cm³/mol. The minimum absolute atomic E-state index is 0.0583. The number of phenols is 1. The predicted octanol–water partition coefficient (Wildman–Crippen LogP) is 10.4. The van der Waals surface area contributed by atoms with Gasteiger partial charge in [0.2, 0.25) is 0 Å². The molecule has 0 fully saturated rings.